The minimum atomic E-state index is -0.903. The zero-order valence-electron chi connectivity index (χ0n) is 9.38. The third-order valence-electron chi connectivity index (χ3n) is 2.83. The van der Waals surface area contributed by atoms with Crippen LogP contribution in [0.3, 0.4) is 0 Å². The molecule has 17 heavy (non-hydrogen) atoms. The summed E-state index contributed by atoms with van der Waals surface area (Å²) in [5.74, 6) is -0.467. The highest BCUT2D eigenvalue weighted by atomic mass is 32.2. The van der Waals surface area contributed by atoms with Crippen LogP contribution < -0.4 is 5.32 Å². The van der Waals surface area contributed by atoms with Crippen molar-refractivity contribution in [3.63, 3.8) is 0 Å². The molecule has 0 aromatic heterocycles. The molecule has 0 radical (unpaired) electrons. The SMILES string of the molecule is Oc1c(F)cc(CNC2CCCSC2)cc1F. The van der Waals surface area contributed by atoms with E-state index in [2.05, 4.69) is 5.32 Å². The van der Waals surface area contributed by atoms with E-state index in [-0.39, 0.29) is 0 Å². The maximum Gasteiger partial charge on any atom is 0.187 e. The largest absolute Gasteiger partial charge is 0.503 e. The number of thioether (sulfide) groups is 1. The number of nitrogens with one attached hydrogen (secondary N) is 1. The van der Waals surface area contributed by atoms with E-state index in [1.54, 1.807) is 0 Å². The second kappa shape index (κ2) is 5.69. The van der Waals surface area contributed by atoms with Gasteiger partial charge in [-0.05, 0) is 36.3 Å². The minimum Gasteiger partial charge on any atom is -0.503 e. The number of phenols is 1. The third kappa shape index (κ3) is 3.33. The monoisotopic (exact) mass is 259 g/mol. The van der Waals surface area contributed by atoms with Gasteiger partial charge in [0.15, 0.2) is 17.4 Å². The molecule has 0 bridgehead atoms. The van der Waals surface area contributed by atoms with E-state index in [1.165, 1.54) is 24.3 Å². The summed E-state index contributed by atoms with van der Waals surface area (Å²) in [5.41, 5.74) is 0.522. The van der Waals surface area contributed by atoms with E-state index < -0.39 is 17.4 Å². The summed E-state index contributed by atoms with van der Waals surface area (Å²) >= 11 is 1.90. The van der Waals surface area contributed by atoms with Crippen molar-refractivity contribution < 1.29 is 13.9 Å². The number of hydrogen-bond acceptors (Lipinski definition) is 3. The van der Waals surface area contributed by atoms with Gasteiger partial charge in [0.2, 0.25) is 0 Å². The molecule has 0 amide bonds. The molecule has 1 aliphatic rings. The van der Waals surface area contributed by atoms with Crippen molar-refractivity contribution in [3.8, 4) is 5.75 Å². The zero-order valence-corrected chi connectivity index (χ0v) is 10.2. The van der Waals surface area contributed by atoms with Gasteiger partial charge in [-0.1, -0.05) is 0 Å². The fourth-order valence-electron chi connectivity index (χ4n) is 1.88. The number of aromatic hydroxyl groups is 1. The fourth-order valence-corrected chi connectivity index (χ4v) is 2.99. The molecule has 2 N–H and O–H groups in total. The maximum atomic E-state index is 13.1. The lowest BCUT2D eigenvalue weighted by Gasteiger charge is -2.22. The molecular weight excluding hydrogens is 244 g/mol. The van der Waals surface area contributed by atoms with Gasteiger partial charge in [0.05, 0.1) is 0 Å². The van der Waals surface area contributed by atoms with E-state index in [1.807, 2.05) is 11.8 Å². The topological polar surface area (TPSA) is 32.3 Å². The summed E-state index contributed by atoms with van der Waals surface area (Å²) < 4.78 is 26.2. The van der Waals surface area contributed by atoms with Crippen LogP contribution in [0.15, 0.2) is 12.1 Å². The van der Waals surface area contributed by atoms with Gasteiger partial charge in [0.25, 0.3) is 0 Å². The normalized spacial score (nSPS) is 20.5. The molecule has 1 saturated heterocycles. The Hall–Kier alpha value is -0.810. The Kier molecular flexibility index (Phi) is 4.23. The molecule has 94 valence electrons. The molecule has 0 saturated carbocycles. The van der Waals surface area contributed by atoms with Gasteiger partial charge in [0, 0.05) is 18.3 Å². The Morgan fingerprint density at radius 1 is 1.35 bits per heavy atom. The van der Waals surface area contributed by atoms with Gasteiger partial charge in [-0.25, -0.2) is 8.78 Å². The van der Waals surface area contributed by atoms with Gasteiger partial charge >= 0.3 is 0 Å². The number of hydrogen-bond donors (Lipinski definition) is 2. The summed E-state index contributed by atoms with van der Waals surface area (Å²) in [7, 11) is 0. The van der Waals surface area contributed by atoms with Crippen LogP contribution >= 0.6 is 11.8 Å². The highest BCUT2D eigenvalue weighted by Crippen LogP contribution is 2.22. The number of phenolic OH excluding ortho intramolecular Hbond substituents is 1. The maximum absolute atomic E-state index is 13.1. The van der Waals surface area contributed by atoms with Crippen molar-refractivity contribution in [3.05, 3.63) is 29.3 Å². The molecule has 5 heteroatoms. The van der Waals surface area contributed by atoms with Crippen LogP contribution in [0, 0.1) is 11.6 Å². The molecule has 2 rings (SSSR count). The lowest BCUT2D eigenvalue weighted by molar-refractivity contribution is 0.394. The van der Waals surface area contributed by atoms with Crippen LogP contribution in [-0.2, 0) is 6.54 Å². The van der Waals surface area contributed by atoms with Crippen molar-refractivity contribution in [2.24, 2.45) is 0 Å². The first kappa shape index (κ1) is 12.6. The standard InChI is InChI=1S/C12H15F2NOS/c13-10-4-8(5-11(14)12(10)16)6-15-9-2-1-3-17-7-9/h4-5,9,15-16H,1-3,6-7H2. The van der Waals surface area contributed by atoms with Crippen molar-refractivity contribution in [2.45, 2.75) is 25.4 Å². The first-order valence-corrected chi connectivity index (χ1v) is 6.80. The molecule has 1 fully saturated rings. The lowest BCUT2D eigenvalue weighted by Crippen LogP contribution is -2.33. The highest BCUT2D eigenvalue weighted by molar-refractivity contribution is 7.99. The molecule has 1 aliphatic heterocycles. The average Bonchev–Trinajstić information content (AvgIpc) is 2.34. The third-order valence-corrected chi connectivity index (χ3v) is 4.05. The first-order valence-electron chi connectivity index (χ1n) is 5.65. The Bertz CT molecular complexity index is 371. The zero-order chi connectivity index (χ0) is 12.3. The van der Waals surface area contributed by atoms with Gasteiger partial charge in [0.1, 0.15) is 0 Å². The van der Waals surface area contributed by atoms with E-state index >= 15 is 0 Å². The Morgan fingerprint density at radius 3 is 2.65 bits per heavy atom. The number of rotatable bonds is 3. The molecule has 0 spiro atoms. The number of benzene rings is 1. The minimum absolute atomic E-state index is 0.411. The summed E-state index contributed by atoms with van der Waals surface area (Å²) in [6, 6.07) is 2.75. The summed E-state index contributed by atoms with van der Waals surface area (Å²) in [4.78, 5) is 0. The quantitative estimate of drug-likeness (QED) is 0.875. The molecule has 1 aromatic carbocycles. The second-order valence-corrected chi connectivity index (χ2v) is 5.35. The van der Waals surface area contributed by atoms with Crippen LogP contribution in [0.4, 0.5) is 8.78 Å². The van der Waals surface area contributed by atoms with Crippen LogP contribution in [0.2, 0.25) is 0 Å². The van der Waals surface area contributed by atoms with Crippen molar-refractivity contribution >= 4 is 11.8 Å². The summed E-state index contributed by atoms with van der Waals surface area (Å²) in [5, 5.41) is 12.2. The highest BCUT2D eigenvalue weighted by Gasteiger charge is 2.14. The molecule has 1 unspecified atom stereocenters. The van der Waals surface area contributed by atoms with Gasteiger partial charge < -0.3 is 10.4 Å². The second-order valence-electron chi connectivity index (χ2n) is 4.20. The first-order chi connectivity index (χ1) is 8.16. The lowest BCUT2D eigenvalue weighted by atomic mass is 10.1. The van der Waals surface area contributed by atoms with Gasteiger partial charge in [-0.3, -0.25) is 0 Å². The van der Waals surface area contributed by atoms with Crippen molar-refractivity contribution in [1.29, 1.82) is 0 Å². The molecule has 0 aliphatic carbocycles. The summed E-state index contributed by atoms with van der Waals surface area (Å²) in [6.07, 6.45) is 2.29. The molecule has 1 atom stereocenters. The predicted molar refractivity (Wildman–Crippen MR) is 65.2 cm³/mol. The smallest absolute Gasteiger partial charge is 0.187 e. The van der Waals surface area contributed by atoms with Gasteiger partial charge in [-0.2, -0.15) is 11.8 Å². The molecular formula is C12H15F2NOS. The molecule has 1 heterocycles. The summed E-state index contributed by atoms with van der Waals surface area (Å²) in [6.45, 7) is 0.430. The Balaban J connectivity index is 1.94. The number of halogens is 2. The Labute approximate surface area is 103 Å². The molecule has 2 nitrogen and oxygen atoms in total. The predicted octanol–water partition coefficient (Wildman–Crippen LogP) is 2.66. The van der Waals surface area contributed by atoms with Crippen LogP contribution in [0.5, 0.6) is 5.75 Å². The van der Waals surface area contributed by atoms with Gasteiger partial charge in [-0.15, -0.1) is 0 Å². The van der Waals surface area contributed by atoms with E-state index in [4.69, 9.17) is 5.11 Å². The van der Waals surface area contributed by atoms with Crippen LogP contribution in [-0.4, -0.2) is 22.7 Å². The average molecular weight is 259 g/mol. The van der Waals surface area contributed by atoms with E-state index in [0.717, 1.165) is 12.2 Å². The van der Waals surface area contributed by atoms with Crippen LogP contribution in [0.1, 0.15) is 18.4 Å². The van der Waals surface area contributed by atoms with E-state index in [9.17, 15) is 8.78 Å². The Morgan fingerprint density at radius 2 is 2.06 bits per heavy atom. The van der Waals surface area contributed by atoms with Crippen molar-refractivity contribution in [2.75, 3.05) is 11.5 Å². The molecule has 1 aromatic rings. The fraction of sp³-hybridized carbons (Fsp3) is 0.500. The van der Waals surface area contributed by atoms with E-state index in [0.29, 0.717) is 18.2 Å². The van der Waals surface area contributed by atoms with Crippen molar-refractivity contribution in [1.82, 2.24) is 5.32 Å². The van der Waals surface area contributed by atoms with Crippen LogP contribution in [0.25, 0.3) is 0 Å².